The normalized spacial score (nSPS) is 16.9. The van der Waals surface area contributed by atoms with E-state index < -0.39 is 11.9 Å². The van der Waals surface area contributed by atoms with Crippen LogP contribution in [-0.2, 0) is 27.1 Å². The summed E-state index contributed by atoms with van der Waals surface area (Å²) in [5.74, 6) is -0.826. The molecule has 0 saturated heterocycles. The number of carbonyl (C=O) groups is 1. The zero-order valence-corrected chi connectivity index (χ0v) is 21.1. The number of nitriles is 2. The summed E-state index contributed by atoms with van der Waals surface area (Å²) in [7, 11) is 0. The lowest BCUT2D eigenvalue weighted by Gasteiger charge is -2.28. The number of benzene rings is 1. The largest absolute Gasteiger partial charge is 0.463 e. The SMILES string of the molecule is CCOC(=O)C1=C(CSc2nc3c(cc2C#N)CCC3)OC(N)=C(C#N)C1c1ccc(SC)cc1. The minimum absolute atomic E-state index is 0.0440. The number of hydrogen-bond donors (Lipinski definition) is 1. The third-order valence-electron chi connectivity index (χ3n) is 5.92. The molecule has 2 N–H and O–H groups in total. The van der Waals surface area contributed by atoms with Gasteiger partial charge >= 0.3 is 5.97 Å². The third-order valence-corrected chi connectivity index (χ3v) is 7.65. The molecule has 0 amide bonds. The van der Waals surface area contributed by atoms with Crippen molar-refractivity contribution in [3.8, 4) is 12.1 Å². The molecule has 0 saturated carbocycles. The first-order valence-corrected chi connectivity index (χ1v) is 13.4. The summed E-state index contributed by atoms with van der Waals surface area (Å²) >= 11 is 2.91. The van der Waals surface area contributed by atoms with Gasteiger partial charge in [-0.1, -0.05) is 23.9 Å². The van der Waals surface area contributed by atoms with Gasteiger partial charge in [-0.3, -0.25) is 0 Å². The maximum absolute atomic E-state index is 13.2. The van der Waals surface area contributed by atoms with Crippen molar-refractivity contribution >= 4 is 29.5 Å². The van der Waals surface area contributed by atoms with Crippen LogP contribution >= 0.6 is 23.5 Å². The lowest BCUT2D eigenvalue weighted by molar-refractivity contribution is -0.139. The average Bonchev–Trinajstić information content (AvgIpc) is 3.33. The molecule has 4 rings (SSSR count). The molecule has 0 spiro atoms. The Morgan fingerprint density at radius 3 is 2.69 bits per heavy atom. The molecule has 0 radical (unpaired) electrons. The van der Waals surface area contributed by atoms with Gasteiger partial charge in [0.1, 0.15) is 28.5 Å². The van der Waals surface area contributed by atoms with E-state index in [1.54, 1.807) is 18.7 Å². The molecule has 0 fully saturated rings. The number of aryl methyl sites for hydroxylation is 2. The van der Waals surface area contributed by atoms with E-state index in [1.165, 1.54) is 11.8 Å². The van der Waals surface area contributed by atoms with Crippen LogP contribution in [0.4, 0.5) is 0 Å². The Labute approximate surface area is 213 Å². The fraction of sp³-hybridized carbons (Fsp3) is 0.308. The average molecular weight is 505 g/mol. The maximum atomic E-state index is 13.2. The van der Waals surface area contributed by atoms with E-state index >= 15 is 0 Å². The molecule has 1 atom stereocenters. The summed E-state index contributed by atoms with van der Waals surface area (Å²) in [4.78, 5) is 18.9. The first-order valence-electron chi connectivity index (χ1n) is 11.2. The van der Waals surface area contributed by atoms with Gasteiger partial charge in [0.15, 0.2) is 0 Å². The molecule has 1 aliphatic heterocycles. The van der Waals surface area contributed by atoms with Crippen molar-refractivity contribution < 1.29 is 14.3 Å². The van der Waals surface area contributed by atoms with Gasteiger partial charge in [-0.05, 0) is 61.8 Å². The van der Waals surface area contributed by atoms with Gasteiger partial charge in [-0.2, -0.15) is 10.5 Å². The van der Waals surface area contributed by atoms with E-state index in [2.05, 4.69) is 12.1 Å². The van der Waals surface area contributed by atoms with Gasteiger partial charge in [0.05, 0.1) is 29.4 Å². The number of rotatable bonds is 7. The topological polar surface area (TPSA) is 122 Å². The number of fused-ring (bicyclic) bond motifs is 1. The number of nitrogens with zero attached hydrogens (tertiary/aromatic N) is 3. The van der Waals surface area contributed by atoms with Crippen molar-refractivity contribution in [3.05, 3.63) is 75.5 Å². The van der Waals surface area contributed by atoms with Crippen LogP contribution in [-0.4, -0.2) is 29.6 Å². The van der Waals surface area contributed by atoms with Gasteiger partial charge in [0, 0.05) is 10.6 Å². The number of ether oxygens (including phenoxy) is 2. The second-order valence-corrected chi connectivity index (χ2v) is 9.80. The number of esters is 1. The lowest BCUT2D eigenvalue weighted by Crippen LogP contribution is -2.27. The Morgan fingerprint density at radius 1 is 1.26 bits per heavy atom. The zero-order valence-electron chi connectivity index (χ0n) is 19.5. The van der Waals surface area contributed by atoms with Crippen molar-refractivity contribution in [2.45, 2.75) is 42.0 Å². The lowest BCUT2D eigenvalue weighted by atomic mass is 9.83. The Kier molecular flexibility index (Phi) is 7.70. The molecule has 2 aliphatic rings. The van der Waals surface area contributed by atoms with Crippen molar-refractivity contribution in [1.29, 1.82) is 10.5 Å². The van der Waals surface area contributed by atoms with E-state index in [9.17, 15) is 15.3 Å². The maximum Gasteiger partial charge on any atom is 0.338 e. The number of aromatic nitrogens is 1. The van der Waals surface area contributed by atoms with Crippen LogP contribution in [0.5, 0.6) is 0 Å². The highest BCUT2D eigenvalue weighted by molar-refractivity contribution is 7.99. The van der Waals surface area contributed by atoms with Crippen LogP contribution in [0.15, 0.2) is 63.0 Å². The van der Waals surface area contributed by atoms with Gasteiger partial charge in [0.25, 0.3) is 0 Å². The minimum Gasteiger partial charge on any atom is -0.463 e. The molecule has 35 heavy (non-hydrogen) atoms. The van der Waals surface area contributed by atoms with Crippen LogP contribution in [0, 0.1) is 22.7 Å². The predicted molar refractivity (Wildman–Crippen MR) is 134 cm³/mol. The molecule has 0 bridgehead atoms. The quantitative estimate of drug-likeness (QED) is 0.426. The van der Waals surface area contributed by atoms with Gasteiger partial charge in [-0.15, -0.1) is 11.8 Å². The second-order valence-electron chi connectivity index (χ2n) is 7.96. The number of thioether (sulfide) groups is 2. The van der Waals surface area contributed by atoms with Crippen LogP contribution < -0.4 is 5.73 Å². The first-order chi connectivity index (χ1) is 17.0. The molecule has 1 aliphatic carbocycles. The van der Waals surface area contributed by atoms with Gasteiger partial charge < -0.3 is 15.2 Å². The molecule has 1 aromatic heterocycles. The summed E-state index contributed by atoms with van der Waals surface area (Å²) in [6, 6.07) is 13.9. The van der Waals surface area contributed by atoms with Crippen LogP contribution in [0.1, 0.15) is 41.6 Å². The highest BCUT2D eigenvalue weighted by Gasteiger charge is 2.37. The van der Waals surface area contributed by atoms with E-state index in [1.807, 2.05) is 36.6 Å². The second kappa shape index (κ2) is 10.9. The predicted octanol–water partition coefficient (Wildman–Crippen LogP) is 4.58. The molecule has 1 aromatic carbocycles. The Hall–Kier alpha value is -3.40. The molecule has 7 nitrogen and oxygen atoms in total. The van der Waals surface area contributed by atoms with E-state index in [0.717, 1.165) is 41.0 Å². The third kappa shape index (κ3) is 5.02. The molecule has 2 heterocycles. The van der Waals surface area contributed by atoms with Crippen LogP contribution in [0.2, 0.25) is 0 Å². The van der Waals surface area contributed by atoms with Crippen molar-refractivity contribution in [2.24, 2.45) is 5.73 Å². The Balaban J connectivity index is 1.76. The summed E-state index contributed by atoms with van der Waals surface area (Å²) in [5, 5.41) is 20.1. The number of nitrogens with two attached hydrogens (primary N) is 1. The highest BCUT2D eigenvalue weighted by Crippen LogP contribution is 2.41. The smallest absolute Gasteiger partial charge is 0.338 e. The fourth-order valence-corrected chi connectivity index (χ4v) is 5.59. The van der Waals surface area contributed by atoms with Gasteiger partial charge in [0.2, 0.25) is 5.88 Å². The van der Waals surface area contributed by atoms with E-state index in [-0.39, 0.29) is 29.4 Å². The van der Waals surface area contributed by atoms with Crippen LogP contribution in [0.3, 0.4) is 0 Å². The van der Waals surface area contributed by atoms with Crippen molar-refractivity contribution in [2.75, 3.05) is 18.6 Å². The fourth-order valence-electron chi connectivity index (χ4n) is 4.26. The highest BCUT2D eigenvalue weighted by atomic mass is 32.2. The number of allylic oxidation sites excluding steroid dienone is 1. The molecule has 178 valence electrons. The number of carbonyl (C=O) groups excluding carboxylic acids is 1. The standard InChI is InChI=1S/C26H24N4O3S2/c1-3-32-26(31)23-21(14-35-25-17(12-27)11-16-5-4-6-20(16)30-25)33-24(29)19(13-28)22(23)15-7-9-18(34-2)10-8-15/h7-11,22H,3-6,14,29H2,1-2H3. The molecular formula is C26H24N4O3S2. The summed E-state index contributed by atoms with van der Waals surface area (Å²) in [5.41, 5.74) is 9.92. The van der Waals surface area contributed by atoms with Gasteiger partial charge in [-0.25, -0.2) is 9.78 Å². The van der Waals surface area contributed by atoms with E-state index in [4.69, 9.17) is 20.2 Å². The Morgan fingerprint density at radius 2 is 2.03 bits per heavy atom. The minimum atomic E-state index is -0.720. The zero-order chi connectivity index (χ0) is 24.9. The molecule has 1 unspecified atom stereocenters. The van der Waals surface area contributed by atoms with Crippen molar-refractivity contribution in [1.82, 2.24) is 4.98 Å². The molecule has 9 heteroatoms. The summed E-state index contributed by atoms with van der Waals surface area (Å²) in [6.07, 6.45) is 4.82. The Bertz CT molecular complexity index is 1300. The van der Waals surface area contributed by atoms with Crippen LogP contribution in [0.25, 0.3) is 0 Å². The molecular weight excluding hydrogens is 480 g/mol. The molecule has 2 aromatic rings. The van der Waals surface area contributed by atoms with E-state index in [0.29, 0.717) is 16.3 Å². The summed E-state index contributed by atoms with van der Waals surface area (Å²) in [6.45, 7) is 1.90. The number of pyridine rings is 1. The van der Waals surface area contributed by atoms with Crippen molar-refractivity contribution in [3.63, 3.8) is 0 Å². The number of hydrogen-bond acceptors (Lipinski definition) is 9. The summed E-state index contributed by atoms with van der Waals surface area (Å²) < 4.78 is 11.2. The monoisotopic (exact) mass is 504 g/mol. The first kappa shape index (κ1) is 24.7.